The second-order valence-electron chi connectivity index (χ2n) is 8.77. The van der Waals surface area contributed by atoms with Gasteiger partial charge in [0.1, 0.15) is 11.5 Å². The van der Waals surface area contributed by atoms with Crippen molar-refractivity contribution in [1.29, 1.82) is 0 Å². The van der Waals surface area contributed by atoms with E-state index in [0.29, 0.717) is 28.1 Å². The molecule has 4 rings (SSSR count). The molecule has 0 radical (unpaired) electrons. The lowest BCUT2D eigenvalue weighted by Gasteiger charge is -2.25. The summed E-state index contributed by atoms with van der Waals surface area (Å²) >= 11 is 0. The molecule has 36 heavy (non-hydrogen) atoms. The van der Waals surface area contributed by atoms with Crippen LogP contribution in [0.1, 0.15) is 46.9 Å². The van der Waals surface area contributed by atoms with Gasteiger partial charge < -0.3 is 14.6 Å². The Kier molecular flexibility index (Phi) is 6.92. The first-order chi connectivity index (χ1) is 17.2. The molecule has 1 atom stereocenters. The quantitative estimate of drug-likeness (QED) is 0.223. The van der Waals surface area contributed by atoms with E-state index in [4.69, 9.17) is 9.47 Å². The van der Waals surface area contributed by atoms with Crippen molar-refractivity contribution >= 4 is 29.1 Å². The van der Waals surface area contributed by atoms with Gasteiger partial charge in [-0.15, -0.1) is 0 Å². The summed E-state index contributed by atoms with van der Waals surface area (Å²) in [6.07, 6.45) is -0.0166. The van der Waals surface area contributed by atoms with Crippen molar-refractivity contribution in [3.8, 4) is 5.75 Å². The number of anilines is 1. The van der Waals surface area contributed by atoms with Crippen LogP contribution >= 0.6 is 0 Å². The average Bonchev–Trinajstić information content (AvgIpc) is 3.15. The molecule has 0 aromatic heterocycles. The van der Waals surface area contributed by atoms with Crippen LogP contribution < -0.4 is 9.64 Å². The normalized spacial score (nSPS) is 16.9. The van der Waals surface area contributed by atoms with Crippen LogP contribution in [0.2, 0.25) is 0 Å². The third-order valence-electron chi connectivity index (χ3n) is 5.94. The monoisotopic (exact) mass is 485 g/mol. The SMILES string of the molecule is COC(=O)c1ccc(N2C(=O)C(=O)/C(=C(\O)c3ccc(OC(C)C)c(C)c3)C2c2ccccc2)cc1. The lowest BCUT2D eigenvalue weighted by atomic mass is 9.94. The van der Waals surface area contributed by atoms with E-state index in [1.165, 1.54) is 24.1 Å². The maximum atomic E-state index is 13.3. The van der Waals surface area contributed by atoms with Crippen LogP contribution in [0.4, 0.5) is 5.69 Å². The van der Waals surface area contributed by atoms with Crippen molar-refractivity contribution in [2.24, 2.45) is 0 Å². The Morgan fingerprint density at radius 1 is 0.944 bits per heavy atom. The Balaban J connectivity index is 1.84. The molecule has 0 saturated carbocycles. The van der Waals surface area contributed by atoms with Gasteiger partial charge in [-0.3, -0.25) is 14.5 Å². The first kappa shape index (κ1) is 24.7. The number of methoxy groups -OCH3 is 1. The van der Waals surface area contributed by atoms with Crippen molar-refractivity contribution < 1.29 is 29.0 Å². The zero-order chi connectivity index (χ0) is 26.0. The third-order valence-corrected chi connectivity index (χ3v) is 5.94. The smallest absolute Gasteiger partial charge is 0.337 e. The Morgan fingerprint density at radius 2 is 1.58 bits per heavy atom. The van der Waals surface area contributed by atoms with E-state index >= 15 is 0 Å². The molecule has 1 saturated heterocycles. The molecule has 1 fully saturated rings. The van der Waals surface area contributed by atoms with Crippen LogP contribution in [0.3, 0.4) is 0 Å². The maximum Gasteiger partial charge on any atom is 0.337 e. The number of hydrogen-bond acceptors (Lipinski definition) is 6. The number of aryl methyl sites for hydroxylation is 1. The first-order valence-corrected chi connectivity index (χ1v) is 11.5. The number of rotatable bonds is 6. The minimum atomic E-state index is -0.859. The molecule has 1 aliphatic heterocycles. The molecule has 1 heterocycles. The predicted molar refractivity (Wildman–Crippen MR) is 136 cm³/mol. The fraction of sp³-hybridized carbons (Fsp3) is 0.207. The number of carbonyl (C=O) groups excluding carboxylic acids is 3. The highest BCUT2D eigenvalue weighted by molar-refractivity contribution is 6.51. The second kappa shape index (κ2) is 10.1. The molecule has 7 heteroatoms. The van der Waals surface area contributed by atoms with Crippen molar-refractivity contribution in [3.05, 3.63) is 101 Å². The number of benzene rings is 3. The highest BCUT2D eigenvalue weighted by atomic mass is 16.5. The fourth-order valence-electron chi connectivity index (χ4n) is 4.26. The van der Waals surface area contributed by atoms with Crippen LogP contribution in [0.25, 0.3) is 5.76 Å². The second-order valence-corrected chi connectivity index (χ2v) is 8.77. The summed E-state index contributed by atoms with van der Waals surface area (Å²) in [7, 11) is 1.29. The highest BCUT2D eigenvalue weighted by Gasteiger charge is 2.47. The zero-order valence-electron chi connectivity index (χ0n) is 20.5. The molecular weight excluding hydrogens is 458 g/mol. The molecule has 3 aromatic rings. The summed E-state index contributed by atoms with van der Waals surface area (Å²) < 4.78 is 10.5. The van der Waals surface area contributed by atoms with Crippen molar-refractivity contribution in [2.45, 2.75) is 32.9 Å². The van der Waals surface area contributed by atoms with Crippen molar-refractivity contribution in [2.75, 3.05) is 12.0 Å². The molecule has 184 valence electrons. The van der Waals surface area contributed by atoms with Gasteiger partial charge in [-0.1, -0.05) is 30.3 Å². The number of hydrogen-bond donors (Lipinski definition) is 1. The lowest BCUT2D eigenvalue weighted by molar-refractivity contribution is -0.132. The predicted octanol–water partition coefficient (Wildman–Crippen LogP) is 5.20. The molecule has 0 spiro atoms. The van der Waals surface area contributed by atoms with E-state index in [2.05, 4.69) is 0 Å². The van der Waals surface area contributed by atoms with Crippen LogP contribution in [-0.4, -0.2) is 36.0 Å². The van der Waals surface area contributed by atoms with E-state index in [1.807, 2.05) is 26.8 Å². The Labute approximate surface area is 209 Å². The van der Waals surface area contributed by atoms with Crippen molar-refractivity contribution in [1.82, 2.24) is 0 Å². The van der Waals surface area contributed by atoms with Crippen LogP contribution in [0, 0.1) is 6.92 Å². The summed E-state index contributed by atoms with van der Waals surface area (Å²) in [5.41, 5.74) is 2.56. The number of aliphatic hydroxyl groups excluding tert-OH is 1. The fourth-order valence-corrected chi connectivity index (χ4v) is 4.26. The minimum absolute atomic E-state index is 0.0137. The number of amides is 1. The molecule has 1 N–H and O–H groups in total. The summed E-state index contributed by atoms with van der Waals surface area (Å²) in [5.74, 6) is -1.67. The minimum Gasteiger partial charge on any atom is -0.507 e. The average molecular weight is 486 g/mol. The van der Waals surface area contributed by atoms with E-state index in [0.717, 1.165) is 5.56 Å². The van der Waals surface area contributed by atoms with Gasteiger partial charge in [-0.25, -0.2) is 4.79 Å². The third kappa shape index (κ3) is 4.60. The maximum absolute atomic E-state index is 13.3. The number of Topliss-reactive ketones (excluding diaryl/α,β-unsaturated/α-hetero) is 1. The number of ketones is 1. The van der Waals surface area contributed by atoms with E-state index in [9.17, 15) is 19.5 Å². The first-order valence-electron chi connectivity index (χ1n) is 11.5. The van der Waals surface area contributed by atoms with Gasteiger partial charge in [0.25, 0.3) is 11.7 Å². The van der Waals surface area contributed by atoms with Gasteiger partial charge in [0.15, 0.2) is 0 Å². The molecule has 1 aliphatic rings. The molecule has 7 nitrogen and oxygen atoms in total. The van der Waals surface area contributed by atoms with Crippen LogP contribution in [-0.2, 0) is 14.3 Å². The number of aliphatic hydroxyl groups is 1. The largest absolute Gasteiger partial charge is 0.507 e. The molecule has 1 unspecified atom stereocenters. The number of carbonyl (C=O) groups is 3. The lowest BCUT2D eigenvalue weighted by Crippen LogP contribution is -2.29. The Bertz CT molecular complexity index is 1340. The van der Waals surface area contributed by atoms with E-state index < -0.39 is 23.7 Å². The summed E-state index contributed by atoms with van der Waals surface area (Å²) in [6, 6.07) is 19.5. The molecule has 3 aromatic carbocycles. The number of nitrogens with zero attached hydrogens (tertiary/aromatic N) is 1. The molecule has 0 aliphatic carbocycles. The van der Waals surface area contributed by atoms with Gasteiger partial charge in [0.2, 0.25) is 0 Å². The Hall–Kier alpha value is -4.39. The highest BCUT2D eigenvalue weighted by Crippen LogP contribution is 2.42. The van der Waals surface area contributed by atoms with Gasteiger partial charge in [-0.2, -0.15) is 0 Å². The van der Waals surface area contributed by atoms with Gasteiger partial charge >= 0.3 is 5.97 Å². The number of esters is 1. The van der Waals surface area contributed by atoms with Crippen LogP contribution in [0.5, 0.6) is 5.75 Å². The summed E-state index contributed by atoms with van der Waals surface area (Å²) in [6.45, 7) is 5.70. The summed E-state index contributed by atoms with van der Waals surface area (Å²) in [5, 5.41) is 11.3. The zero-order valence-corrected chi connectivity index (χ0v) is 20.5. The molecular formula is C29H27NO6. The standard InChI is InChI=1S/C29H27NO6/c1-17(2)36-23-15-12-21(16-18(23)3)26(31)24-25(19-8-6-5-7-9-19)30(28(33)27(24)32)22-13-10-20(11-14-22)29(34)35-4/h5-17,25,31H,1-4H3/b26-24-. The van der Waals surface area contributed by atoms with Crippen molar-refractivity contribution in [3.63, 3.8) is 0 Å². The molecule has 0 bridgehead atoms. The number of ether oxygens (including phenoxy) is 2. The summed E-state index contributed by atoms with van der Waals surface area (Å²) in [4.78, 5) is 39.8. The van der Waals surface area contributed by atoms with Gasteiger partial charge in [0, 0.05) is 11.3 Å². The Morgan fingerprint density at radius 3 is 2.17 bits per heavy atom. The van der Waals surface area contributed by atoms with Gasteiger partial charge in [0.05, 0.1) is 30.4 Å². The molecule has 1 amide bonds. The van der Waals surface area contributed by atoms with Gasteiger partial charge in [-0.05, 0) is 74.4 Å². The van der Waals surface area contributed by atoms with E-state index in [-0.39, 0.29) is 17.4 Å². The topological polar surface area (TPSA) is 93.1 Å². The van der Waals surface area contributed by atoms with Crippen LogP contribution in [0.15, 0.2) is 78.4 Å². The van der Waals surface area contributed by atoms with E-state index in [1.54, 1.807) is 54.6 Å².